The molecule has 2 fully saturated rings. The van der Waals surface area contributed by atoms with Gasteiger partial charge in [0, 0.05) is 25.5 Å². The van der Waals surface area contributed by atoms with Gasteiger partial charge in [-0.25, -0.2) is 0 Å². The summed E-state index contributed by atoms with van der Waals surface area (Å²) in [6.07, 6.45) is 3.23. The second-order valence-corrected chi connectivity index (χ2v) is 8.41. The van der Waals surface area contributed by atoms with Gasteiger partial charge in [-0.2, -0.15) is 0 Å². The molecule has 2 aromatic heterocycles. The van der Waals surface area contributed by atoms with E-state index in [1.54, 1.807) is 62.9 Å². The van der Waals surface area contributed by atoms with E-state index in [2.05, 4.69) is 9.97 Å². The third kappa shape index (κ3) is 2.88. The minimum Gasteiger partial charge on any atom is -0.468 e. The highest BCUT2D eigenvalue weighted by Crippen LogP contribution is 2.59. The average Bonchev–Trinajstić information content (AvgIpc) is 2.81. The molecule has 9 heteroatoms. The van der Waals surface area contributed by atoms with Crippen molar-refractivity contribution in [2.24, 2.45) is 10.8 Å². The van der Waals surface area contributed by atoms with E-state index >= 15 is 0 Å². The minimum absolute atomic E-state index is 0.0811. The van der Waals surface area contributed by atoms with Crippen LogP contribution in [0.1, 0.15) is 23.5 Å². The lowest BCUT2D eigenvalue weighted by atomic mass is 9.54. The molecule has 0 aliphatic carbocycles. The summed E-state index contributed by atoms with van der Waals surface area (Å²) >= 11 is 0. The van der Waals surface area contributed by atoms with E-state index in [9.17, 15) is 14.4 Å². The van der Waals surface area contributed by atoms with Crippen LogP contribution in [-0.2, 0) is 23.9 Å². The number of ether oxygens (including phenoxy) is 2. The average molecular weight is 438 g/mol. The van der Waals surface area contributed by atoms with Crippen molar-refractivity contribution in [3.63, 3.8) is 0 Å². The molecule has 0 spiro atoms. The first-order chi connectivity index (χ1) is 15.3. The topological polar surface area (TPSA) is 102 Å². The van der Waals surface area contributed by atoms with Crippen LogP contribution in [-0.4, -0.2) is 78.9 Å². The Morgan fingerprint density at radius 1 is 0.875 bits per heavy atom. The third-order valence-corrected chi connectivity index (χ3v) is 6.63. The molecule has 0 aromatic carbocycles. The zero-order chi connectivity index (χ0) is 23.1. The molecule has 4 rings (SSSR count). The lowest BCUT2D eigenvalue weighted by Gasteiger charge is -2.60. The first-order valence-corrected chi connectivity index (χ1v) is 10.3. The molecule has 2 saturated heterocycles. The van der Waals surface area contributed by atoms with E-state index < -0.39 is 40.6 Å². The number of ketones is 1. The number of aromatic nitrogens is 2. The maximum absolute atomic E-state index is 14.4. The molecule has 0 N–H and O–H groups in total. The summed E-state index contributed by atoms with van der Waals surface area (Å²) in [6, 6.07) is 9.11. The Labute approximate surface area is 186 Å². The Balaban J connectivity index is 2.07. The predicted molar refractivity (Wildman–Crippen MR) is 113 cm³/mol. The van der Waals surface area contributed by atoms with Crippen molar-refractivity contribution in [1.29, 1.82) is 0 Å². The Morgan fingerprint density at radius 3 is 1.66 bits per heavy atom. The van der Waals surface area contributed by atoms with Crippen LogP contribution in [0.15, 0.2) is 48.8 Å². The van der Waals surface area contributed by atoms with Crippen LogP contribution < -0.4 is 0 Å². The Morgan fingerprint density at radius 2 is 1.31 bits per heavy atom. The summed E-state index contributed by atoms with van der Waals surface area (Å²) in [5.41, 5.74) is -2.29. The summed E-state index contributed by atoms with van der Waals surface area (Å²) in [5, 5.41) is 0. The van der Waals surface area contributed by atoms with Crippen LogP contribution >= 0.6 is 0 Å². The van der Waals surface area contributed by atoms with Gasteiger partial charge in [0.05, 0.1) is 37.7 Å². The van der Waals surface area contributed by atoms with Gasteiger partial charge in [-0.15, -0.1) is 0 Å². The number of esters is 2. The number of methoxy groups -OCH3 is 2. The number of rotatable bonds is 4. The monoisotopic (exact) mass is 438 g/mol. The molecule has 2 aliphatic heterocycles. The van der Waals surface area contributed by atoms with Gasteiger partial charge < -0.3 is 14.4 Å². The van der Waals surface area contributed by atoms with E-state index in [-0.39, 0.29) is 13.1 Å². The predicted octanol–water partition coefficient (Wildman–Crippen LogP) is 1.04. The molecular formula is C23H26N4O5. The molecule has 2 bridgehead atoms. The smallest absolute Gasteiger partial charge is 0.322 e. The van der Waals surface area contributed by atoms with Crippen molar-refractivity contribution in [1.82, 2.24) is 19.8 Å². The Bertz CT molecular complexity index is 954. The molecule has 0 saturated carbocycles. The zero-order valence-electron chi connectivity index (χ0n) is 18.5. The van der Waals surface area contributed by atoms with E-state index in [4.69, 9.17) is 9.47 Å². The lowest BCUT2D eigenvalue weighted by molar-refractivity contribution is -0.202. The van der Waals surface area contributed by atoms with Crippen molar-refractivity contribution in [2.75, 3.05) is 41.4 Å². The summed E-state index contributed by atoms with van der Waals surface area (Å²) in [5.74, 6) is -1.93. The first-order valence-electron chi connectivity index (χ1n) is 10.3. The number of nitrogens with zero attached hydrogens (tertiary/aromatic N) is 4. The maximum atomic E-state index is 14.4. The fraction of sp³-hybridized carbons (Fsp3) is 0.435. The third-order valence-electron chi connectivity index (χ3n) is 6.63. The zero-order valence-corrected chi connectivity index (χ0v) is 18.5. The molecule has 168 valence electrons. The van der Waals surface area contributed by atoms with Gasteiger partial charge in [0.15, 0.2) is 16.6 Å². The molecular weight excluding hydrogens is 412 g/mol. The van der Waals surface area contributed by atoms with E-state index in [0.717, 1.165) is 0 Å². The molecule has 32 heavy (non-hydrogen) atoms. The number of carbonyl (C=O) groups excluding carboxylic acids is 3. The number of carbonyl (C=O) groups is 3. The number of pyridine rings is 2. The molecule has 0 unspecified atom stereocenters. The second-order valence-electron chi connectivity index (χ2n) is 8.41. The van der Waals surface area contributed by atoms with Gasteiger partial charge in [-0.3, -0.25) is 29.3 Å². The number of fused-ring (bicyclic) bond motifs is 2. The van der Waals surface area contributed by atoms with Crippen LogP contribution in [0.5, 0.6) is 0 Å². The summed E-state index contributed by atoms with van der Waals surface area (Å²) in [6.45, 7) is 0.162. The van der Waals surface area contributed by atoms with Crippen LogP contribution in [0, 0.1) is 10.8 Å². The van der Waals surface area contributed by atoms with Crippen molar-refractivity contribution in [2.45, 2.75) is 12.1 Å². The second kappa shape index (κ2) is 8.07. The van der Waals surface area contributed by atoms with Gasteiger partial charge in [-0.1, -0.05) is 12.1 Å². The molecule has 2 aromatic rings. The summed E-state index contributed by atoms with van der Waals surface area (Å²) < 4.78 is 10.4. The van der Waals surface area contributed by atoms with Crippen LogP contribution in [0.4, 0.5) is 0 Å². The summed E-state index contributed by atoms with van der Waals surface area (Å²) in [4.78, 5) is 53.8. The van der Waals surface area contributed by atoms with Gasteiger partial charge in [0.1, 0.15) is 0 Å². The minimum atomic E-state index is -1.68. The van der Waals surface area contributed by atoms with E-state index in [0.29, 0.717) is 11.4 Å². The molecule has 0 radical (unpaired) electrons. The highest BCUT2D eigenvalue weighted by Gasteiger charge is 2.75. The molecule has 4 atom stereocenters. The number of piperidine rings is 2. The molecule has 2 aliphatic rings. The fourth-order valence-electron chi connectivity index (χ4n) is 5.61. The van der Waals surface area contributed by atoms with Crippen molar-refractivity contribution in [3.8, 4) is 0 Å². The standard InChI is InChI=1S/C23H26N4O5/c1-26-13-22(20(29)31-3)17(15-9-5-7-11-24-15)27(2)18(16-10-6-8-12-25-16)23(14-26,19(22)28)21(30)32-4/h5-12,17-18H,13-14H2,1-4H3/t17-,18-,22-,23+/m0/s1. The van der Waals surface area contributed by atoms with Crippen molar-refractivity contribution in [3.05, 3.63) is 60.2 Å². The summed E-state index contributed by atoms with van der Waals surface area (Å²) in [7, 11) is 6.06. The van der Waals surface area contributed by atoms with Crippen LogP contribution in [0.25, 0.3) is 0 Å². The van der Waals surface area contributed by atoms with Crippen LogP contribution in [0.2, 0.25) is 0 Å². The van der Waals surface area contributed by atoms with E-state index in [1.807, 2.05) is 9.80 Å². The quantitative estimate of drug-likeness (QED) is 0.512. The van der Waals surface area contributed by atoms with Gasteiger partial charge in [-0.05, 0) is 38.4 Å². The molecule has 4 heterocycles. The number of hydrogen-bond donors (Lipinski definition) is 0. The van der Waals surface area contributed by atoms with E-state index in [1.165, 1.54) is 14.2 Å². The normalized spacial score (nSPS) is 30.6. The molecule has 0 amide bonds. The number of Topliss-reactive ketones (excluding diaryl/α,β-unsaturated/α-hetero) is 1. The van der Waals surface area contributed by atoms with Crippen LogP contribution in [0.3, 0.4) is 0 Å². The number of likely N-dealkylation sites (tertiary alicyclic amines) is 2. The first kappa shape index (κ1) is 22.0. The van der Waals surface area contributed by atoms with Crippen molar-refractivity contribution >= 4 is 17.7 Å². The Kier molecular flexibility index (Phi) is 5.56. The number of hydrogen-bond acceptors (Lipinski definition) is 9. The van der Waals surface area contributed by atoms with Gasteiger partial charge in [0.2, 0.25) is 0 Å². The lowest BCUT2D eigenvalue weighted by Crippen LogP contribution is -2.75. The maximum Gasteiger partial charge on any atom is 0.322 e. The largest absolute Gasteiger partial charge is 0.468 e. The van der Waals surface area contributed by atoms with Crippen molar-refractivity contribution < 1.29 is 23.9 Å². The van der Waals surface area contributed by atoms with Gasteiger partial charge >= 0.3 is 11.9 Å². The molecule has 9 nitrogen and oxygen atoms in total. The fourth-order valence-corrected chi connectivity index (χ4v) is 5.61. The highest BCUT2D eigenvalue weighted by atomic mass is 16.5. The SMILES string of the molecule is COC(=O)[C@@]12CN(C)C[C@@](C(=O)OC)(C1=O)[C@H](c1ccccn1)N(C)[C@H]2c1ccccn1. The van der Waals surface area contributed by atoms with Gasteiger partial charge in [0.25, 0.3) is 0 Å². The Hall–Kier alpha value is -3.17. The highest BCUT2D eigenvalue weighted by molar-refractivity contribution is 6.17.